The molecule has 1 aliphatic carbocycles. The lowest BCUT2D eigenvalue weighted by Crippen LogP contribution is -2.50. The Morgan fingerprint density at radius 3 is 2.47 bits per heavy atom. The van der Waals surface area contributed by atoms with Gasteiger partial charge in [0.1, 0.15) is 0 Å². The molecule has 0 aliphatic heterocycles. The summed E-state index contributed by atoms with van der Waals surface area (Å²) in [5.41, 5.74) is 7.70. The predicted octanol–water partition coefficient (Wildman–Crippen LogP) is 3.59. The second-order valence-electron chi connectivity index (χ2n) is 6.33. The van der Waals surface area contributed by atoms with Gasteiger partial charge < -0.3 is 11.1 Å². The van der Waals surface area contributed by atoms with Crippen LogP contribution in [0.4, 0.5) is 0 Å². The summed E-state index contributed by atoms with van der Waals surface area (Å²) in [4.78, 5) is 0. The molecule has 0 bridgehead atoms. The van der Waals surface area contributed by atoms with Gasteiger partial charge in [0.2, 0.25) is 0 Å². The van der Waals surface area contributed by atoms with Crippen LogP contribution in [0.1, 0.15) is 45.1 Å². The van der Waals surface area contributed by atoms with Gasteiger partial charge in [0.15, 0.2) is 0 Å². The standard InChI is InChI=1S/C16H25BrN2/c1-16(2,12-7-9-13(17)10-8-12)11-19-15-6-4-3-5-14(15)18/h7-10,14-15,19H,3-6,11,18H2,1-2H3. The highest BCUT2D eigenvalue weighted by atomic mass is 79.9. The van der Waals surface area contributed by atoms with E-state index in [1.165, 1.54) is 24.8 Å². The molecule has 0 heterocycles. The van der Waals surface area contributed by atoms with Crippen molar-refractivity contribution in [2.75, 3.05) is 6.54 Å². The summed E-state index contributed by atoms with van der Waals surface area (Å²) in [6, 6.07) is 9.45. The molecule has 1 fully saturated rings. The van der Waals surface area contributed by atoms with Crippen molar-refractivity contribution >= 4 is 15.9 Å². The van der Waals surface area contributed by atoms with Crippen LogP contribution >= 0.6 is 15.9 Å². The maximum absolute atomic E-state index is 6.20. The molecule has 0 saturated heterocycles. The molecular weight excluding hydrogens is 300 g/mol. The van der Waals surface area contributed by atoms with Crippen LogP contribution in [-0.2, 0) is 5.41 Å². The molecule has 19 heavy (non-hydrogen) atoms. The number of nitrogens with one attached hydrogen (secondary N) is 1. The van der Waals surface area contributed by atoms with E-state index in [-0.39, 0.29) is 5.41 Å². The summed E-state index contributed by atoms with van der Waals surface area (Å²) in [7, 11) is 0. The molecule has 0 spiro atoms. The zero-order chi connectivity index (χ0) is 13.9. The lowest BCUT2D eigenvalue weighted by Gasteiger charge is -2.34. The van der Waals surface area contributed by atoms with E-state index in [1.54, 1.807) is 0 Å². The van der Waals surface area contributed by atoms with Crippen LogP contribution in [0, 0.1) is 0 Å². The Labute approximate surface area is 125 Å². The van der Waals surface area contributed by atoms with Crippen LogP contribution in [0.15, 0.2) is 28.7 Å². The van der Waals surface area contributed by atoms with Gasteiger partial charge in [-0.1, -0.05) is 54.8 Å². The Morgan fingerprint density at radius 2 is 1.84 bits per heavy atom. The number of halogens is 1. The molecular formula is C16H25BrN2. The molecule has 2 unspecified atom stereocenters. The fourth-order valence-electron chi connectivity index (χ4n) is 2.80. The first-order chi connectivity index (χ1) is 8.99. The topological polar surface area (TPSA) is 38.0 Å². The molecule has 2 nitrogen and oxygen atoms in total. The van der Waals surface area contributed by atoms with E-state index in [1.807, 2.05) is 0 Å². The summed E-state index contributed by atoms with van der Waals surface area (Å²) in [5.74, 6) is 0. The van der Waals surface area contributed by atoms with Crippen molar-refractivity contribution in [1.29, 1.82) is 0 Å². The molecule has 106 valence electrons. The average Bonchev–Trinajstić information content (AvgIpc) is 2.38. The maximum atomic E-state index is 6.20. The largest absolute Gasteiger partial charge is 0.326 e. The van der Waals surface area contributed by atoms with Gasteiger partial charge in [-0.25, -0.2) is 0 Å². The molecule has 1 aromatic carbocycles. The summed E-state index contributed by atoms with van der Waals surface area (Å²) < 4.78 is 1.13. The van der Waals surface area contributed by atoms with E-state index >= 15 is 0 Å². The van der Waals surface area contributed by atoms with Gasteiger partial charge in [-0.15, -0.1) is 0 Å². The lowest BCUT2D eigenvalue weighted by atomic mass is 9.83. The molecule has 2 rings (SSSR count). The van der Waals surface area contributed by atoms with Crippen LogP contribution in [0.2, 0.25) is 0 Å². The average molecular weight is 325 g/mol. The Hall–Kier alpha value is -0.380. The van der Waals surface area contributed by atoms with E-state index in [2.05, 4.69) is 59.4 Å². The van der Waals surface area contributed by atoms with E-state index in [4.69, 9.17) is 5.73 Å². The monoisotopic (exact) mass is 324 g/mol. The molecule has 2 atom stereocenters. The highest BCUT2D eigenvalue weighted by molar-refractivity contribution is 9.10. The Morgan fingerprint density at radius 1 is 1.21 bits per heavy atom. The van der Waals surface area contributed by atoms with Gasteiger partial charge >= 0.3 is 0 Å². The van der Waals surface area contributed by atoms with Crippen LogP contribution in [0.25, 0.3) is 0 Å². The number of nitrogens with two attached hydrogens (primary N) is 1. The third kappa shape index (κ3) is 4.04. The van der Waals surface area contributed by atoms with E-state index in [9.17, 15) is 0 Å². The summed E-state index contributed by atoms with van der Waals surface area (Å²) in [6.45, 7) is 5.56. The van der Waals surface area contributed by atoms with Gasteiger partial charge in [-0.3, -0.25) is 0 Å². The smallest absolute Gasteiger partial charge is 0.0219 e. The van der Waals surface area contributed by atoms with Gasteiger partial charge in [0.25, 0.3) is 0 Å². The Balaban J connectivity index is 1.95. The minimum Gasteiger partial charge on any atom is -0.326 e. The number of hydrogen-bond acceptors (Lipinski definition) is 2. The molecule has 0 amide bonds. The predicted molar refractivity (Wildman–Crippen MR) is 85.4 cm³/mol. The van der Waals surface area contributed by atoms with E-state index in [0.29, 0.717) is 12.1 Å². The molecule has 1 aliphatic rings. The van der Waals surface area contributed by atoms with E-state index in [0.717, 1.165) is 17.4 Å². The first-order valence-corrected chi connectivity index (χ1v) is 8.03. The van der Waals surface area contributed by atoms with Crippen molar-refractivity contribution in [3.8, 4) is 0 Å². The summed E-state index contributed by atoms with van der Waals surface area (Å²) in [6.07, 6.45) is 4.98. The van der Waals surface area contributed by atoms with Gasteiger partial charge in [-0.05, 0) is 30.5 Å². The minimum atomic E-state index is 0.137. The van der Waals surface area contributed by atoms with Crippen LogP contribution in [0.5, 0.6) is 0 Å². The van der Waals surface area contributed by atoms with Crippen LogP contribution < -0.4 is 11.1 Å². The third-order valence-corrected chi connectivity index (χ3v) is 4.78. The van der Waals surface area contributed by atoms with E-state index < -0.39 is 0 Å². The third-order valence-electron chi connectivity index (χ3n) is 4.25. The van der Waals surface area contributed by atoms with Crippen molar-refractivity contribution in [3.63, 3.8) is 0 Å². The number of benzene rings is 1. The van der Waals surface area contributed by atoms with Crippen molar-refractivity contribution in [3.05, 3.63) is 34.3 Å². The number of rotatable bonds is 4. The van der Waals surface area contributed by atoms with Crippen LogP contribution in [-0.4, -0.2) is 18.6 Å². The fraction of sp³-hybridized carbons (Fsp3) is 0.625. The zero-order valence-corrected chi connectivity index (χ0v) is 13.5. The van der Waals surface area contributed by atoms with Gasteiger partial charge in [0, 0.05) is 28.5 Å². The second kappa shape index (κ2) is 6.38. The quantitative estimate of drug-likeness (QED) is 0.888. The van der Waals surface area contributed by atoms with Gasteiger partial charge in [-0.2, -0.15) is 0 Å². The van der Waals surface area contributed by atoms with Crippen molar-refractivity contribution < 1.29 is 0 Å². The summed E-state index contributed by atoms with van der Waals surface area (Å²) in [5, 5.41) is 3.69. The zero-order valence-electron chi connectivity index (χ0n) is 12.0. The van der Waals surface area contributed by atoms with Crippen LogP contribution in [0.3, 0.4) is 0 Å². The maximum Gasteiger partial charge on any atom is 0.0219 e. The lowest BCUT2D eigenvalue weighted by molar-refractivity contribution is 0.306. The molecule has 0 radical (unpaired) electrons. The van der Waals surface area contributed by atoms with Crippen molar-refractivity contribution in [2.45, 2.75) is 57.0 Å². The first-order valence-electron chi connectivity index (χ1n) is 7.24. The molecule has 3 heteroatoms. The second-order valence-corrected chi connectivity index (χ2v) is 7.24. The summed E-state index contributed by atoms with van der Waals surface area (Å²) >= 11 is 3.49. The highest BCUT2D eigenvalue weighted by Gasteiger charge is 2.25. The van der Waals surface area contributed by atoms with Crippen molar-refractivity contribution in [2.24, 2.45) is 5.73 Å². The van der Waals surface area contributed by atoms with Crippen molar-refractivity contribution in [1.82, 2.24) is 5.32 Å². The molecule has 3 N–H and O–H groups in total. The van der Waals surface area contributed by atoms with Gasteiger partial charge in [0.05, 0.1) is 0 Å². The minimum absolute atomic E-state index is 0.137. The Kier molecular flexibility index (Phi) is 5.04. The number of hydrogen-bond donors (Lipinski definition) is 2. The molecule has 1 aromatic rings. The molecule has 1 saturated carbocycles. The molecule has 0 aromatic heterocycles. The first kappa shape index (κ1) is 15.0. The SMILES string of the molecule is CC(C)(CNC1CCCCC1N)c1ccc(Br)cc1. The highest BCUT2D eigenvalue weighted by Crippen LogP contribution is 2.25. The Bertz CT molecular complexity index is 400. The normalized spacial score (nSPS) is 24.4. The fourth-order valence-corrected chi connectivity index (χ4v) is 3.07.